The van der Waals surface area contributed by atoms with E-state index in [4.69, 9.17) is 9.78 Å². The van der Waals surface area contributed by atoms with Crippen molar-refractivity contribution in [2.24, 2.45) is 0 Å². The molecule has 0 heterocycles. The van der Waals surface area contributed by atoms with E-state index in [9.17, 15) is 4.79 Å². The fraction of sp³-hybridized carbons (Fsp3) is 0.611. The van der Waals surface area contributed by atoms with E-state index >= 15 is 0 Å². The van der Waals surface area contributed by atoms with Crippen molar-refractivity contribution < 1.29 is 14.6 Å². The first-order chi connectivity index (χ1) is 10.3. The van der Waals surface area contributed by atoms with Gasteiger partial charge >= 0.3 is 5.97 Å². The Morgan fingerprint density at radius 2 is 1.57 bits per heavy atom. The highest BCUT2D eigenvalue weighted by molar-refractivity contribution is 5.88. The maximum Gasteiger partial charge on any atom is 0.373 e. The van der Waals surface area contributed by atoms with Crippen molar-refractivity contribution >= 4 is 5.97 Å². The summed E-state index contributed by atoms with van der Waals surface area (Å²) in [4.78, 5) is 21.6. The molecule has 0 unspecified atom stereocenters. The number of hydrogen-bond acceptors (Lipinski definition) is 3. The van der Waals surface area contributed by atoms with Crippen molar-refractivity contribution in [1.29, 1.82) is 0 Å². The molecular weight excluding hydrogens is 264 g/mol. The Kier molecular flexibility index (Phi) is 9.55. The molecule has 0 bridgehead atoms. The molecule has 0 radical (unpaired) electrons. The molecule has 0 saturated heterocycles. The molecule has 1 rings (SSSR count). The van der Waals surface area contributed by atoms with Crippen molar-refractivity contribution in [2.75, 3.05) is 6.61 Å². The number of hydrogen-bond donors (Lipinski definition) is 0. The predicted octanol–water partition coefficient (Wildman–Crippen LogP) is 5.09. The topological polar surface area (TPSA) is 35.5 Å². The van der Waals surface area contributed by atoms with Gasteiger partial charge in [-0.3, -0.25) is 4.89 Å². The van der Waals surface area contributed by atoms with E-state index in [0.29, 0.717) is 12.2 Å². The zero-order chi connectivity index (χ0) is 15.3. The molecule has 0 saturated carbocycles. The predicted molar refractivity (Wildman–Crippen MR) is 85.2 cm³/mol. The lowest BCUT2D eigenvalue weighted by molar-refractivity contribution is -0.241. The molecule has 0 N–H and O–H groups in total. The lowest BCUT2D eigenvalue weighted by atomic mass is 10.1. The van der Waals surface area contributed by atoms with Gasteiger partial charge in [0.1, 0.15) is 0 Å². The van der Waals surface area contributed by atoms with Crippen LogP contribution in [0.4, 0.5) is 0 Å². The number of carbonyl (C=O) groups excluding carboxylic acids is 1. The van der Waals surface area contributed by atoms with Gasteiger partial charge in [-0.2, -0.15) is 4.89 Å². The van der Waals surface area contributed by atoms with Gasteiger partial charge in [0.2, 0.25) is 0 Å². The number of benzene rings is 1. The first-order valence-electron chi connectivity index (χ1n) is 8.20. The van der Waals surface area contributed by atoms with Gasteiger partial charge in [-0.05, 0) is 37.0 Å². The highest BCUT2D eigenvalue weighted by atomic mass is 17.2. The van der Waals surface area contributed by atoms with Crippen LogP contribution < -0.4 is 0 Å². The lowest BCUT2D eigenvalue weighted by Crippen LogP contribution is -2.07. The molecule has 0 aliphatic rings. The minimum absolute atomic E-state index is 0.411. The molecule has 0 amide bonds. The van der Waals surface area contributed by atoms with Gasteiger partial charge in [0.05, 0.1) is 12.2 Å². The monoisotopic (exact) mass is 292 g/mol. The van der Waals surface area contributed by atoms with Crippen LogP contribution in [0.5, 0.6) is 0 Å². The van der Waals surface area contributed by atoms with E-state index in [2.05, 4.69) is 13.8 Å². The van der Waals surface area contributed by atoms with Crippen LogP contribution in [0.2, 0.25) is 0 Å². The molecule has 0 fully saturated rings. The minimum Gasteiger partial charge on any atom is -0.293 e. The van der Waals surface area contributed by atoms with E-state index in [0.717, 1.165) is 19.3 Å². The second-order valence-corrected chi connectivity index (χ2v) is 5.41. The third kappa shape index (κ3) is 7.86. The molecule has 3 heteroatoms. The standard InChI is InChI=1S/C18H28O3/c1-3-5-7-8-9-15-20-21-18(19)17-13-11-16(12-14-17)10-6-4-2/h11-14H,3-10,15H2,1-2H3. The minimum atomic E-state index is -0.411. The Labute approximate surface area is 128 Å². The second-order valence-electron chi connectivity index (χ2n) is 5.41. The van der Waals surface area contributed by atoms with Crippen LogP contribution in [-0.4, -0.2) is 12.6 Å². The second kappa shape index (κ2) is 11.3. The zero-order valence-corrected chi connectivity index (χ0v) is 13.4. The third-order valence-electron chi connectivity index (χ3n) is 3.47. The first-order valence-corrected chi connectivity index (χ1v) is 8.20. The molecule has 0 spiro atoms. The quantitative estimate of drug-likeness (QED) is 0.324. The van der Waals surface area contributed by atoms with E-state index in [1.54, 1.807) is 12.1 Å². The van der Waals surface area contributed by atoms with Crippen molar-refractivity contribution in [3.63, 3.8) is 0 Å². The molecule has 0 aromatic heterocycles. The summed E-state index contributed by atoms with van der Waals surface area (Å²) in [6.45, 7) is 4.83. The zero-order valence-electron chi connectivity index (χ0n) is 13.4. The van der Waals surface area contributed by atoms with Crippen LogP contribution in [0.15, 0.2) is 24.3 Å². The van der Waals surface area contributed by atoms with Crippen LogP contribution in [0.3, 0.4) is 0 Å². The van der Waals surface area contributed by atoms with Crippen LogP contribution in [0.1, 0.15) is 74.7 Å². The van der Waals surface area contributed by atoms with Gasteiger partial charge in [-0.25, -0.2) is 4.79 Å². The van der Waals surface area contributed by atoms with E-state index in [-0.39, 0.29) is 0 Å². The summed E-state index contributed by atoms with van der Waals surface area (Å²) in [6, 6.07) is 7.57. The van der Waals surface area contributed by atoms with Crippen LogP contribution in [0.25, 0.3) is 0 Å². The molecule has 21 heavy (non-hydrogen) atoms. The Morgan fingerprint density at radius 1 is 0.905 bits per heavy atom. The molecule has 1 aromatic carbocycles. The summed E-state index contributed by atoms with van der Waals surface area (Å²) in [6.07, 6.45) is 9.16. The average Bonchev–Trinajstić information content (AvgIpc) is 2.52. The Morgan fingerprint density at radius 3 is 2.24 bits per heavy atom. The molecule has 1 aromatic rings. The summed E-state index contributed by atoms with van der Waals surface area (Å²) in [5, 5.41) is 0. The van der Waals surface area contributed by atoms with E-state index in [1.807, 2.05) is 12.1 Å². The summed E-state index contributed by atoms with van der Waals surface area (Å²) >= 11 is 0. The van der Waals surface area contributed by atoms with Crippen LogP contribution in [-0.2, 0) is 16.2 Å². The number of unbranched alkanes of at least 4 members (excludes halogenated alkanes) is 5. The Hall–Kier alpha value is -1.35. The number of rotatable bonds is 11. The molecule has 118 valence electrons. The largest absolute Gasteiger partial charge is 0.373 e. The van der Waals surface area contributed by atoms with E-state index in [1.165, 1.54) is 37.7 Å². The van der Waals surface area contributed by atoms with Crippen molar-refractivity contribution in [1.82, 2.24) is 0 Å². The van der Waals surface area contributed by atoms with Crippen molar-refractivity contribution in [2.45, 2.75) is 65.2 Å². The maximum atomic E-state index is 11.8. The summed E-state index contributed by atoms with van der Waals surface area (Å²) in [7, 11) is 0. The normalized spacial score (nSPS) is 10.6. The van der Waals surface area contributed by atoms with Crippen molar-refractivity contribution in [3.8, 4) is 0 Å². The Bertz CT molecular complexity index is 384. The van der Waals surface area contributed by atoms with Crippen molar-refractivity contribution in [3.05, 3.63) is 35.4 Å². The van der Waals surface area contributed by atoms with Gasteiger partial charge < -0.3 is 0 Å². The first kappa shape index (κ1) is 17.7. The Balaban J connectivity index is 2.19. The lowest BCUT2D eigenvalue weighted by Gasteiger charge is -2.05. The van der Waals surface area contributed by atoms with Crippen LogP contribution in [0, 0.1) is 0 Å². The van der Waals surface area contributed by atoms with Gasteiger partial charge in [0.15, 0.2) is 0 Å². The summed E-state index contributed by atoms with van der Waals surface area (Å²) in [5.41, 5.74) is 1.80. The van der Waals surface area contributed by atoms with Gasteiger partial charge in [-0.15, -0.1) is 0 Å². The fourth-order valence-electron chi connectivity index (χ4n) is 2.10. The smallest absolute Gasteiger partial charge is 0.293 e. The summed E-state index contributed by atoms with van der Waals surface area (Å²) in [5.74, 6) is -0.411. The molecular formula is C18H28O3. The number of aryl methyl sites for hydroxylation is 1. The number of carbonyl (C=O) groups is 1. The maximum absolute atomic E-state index is 11.8. The molecule has 0 atom stereocenters. The van der Waals surface area contributed by atoms with Gasteiger partial charge in [0, 0.05) is 0 Å². The highest BCUT2D eigenvalue weighted by Crippen LogP contribution is 2.09. The fourth-order valence-corrected chi connectivity index (χ4v) is 2.10. The van der Waals surface area contributed by atoms with Gasteiger partial charge in [-0.1, -0.05) is 58.1 Å². The molecule has 3 nitrogen and oxygen atoms in total. The van der Waals surface area contributed by atoms with Gasteiger partial charge in [0.25, 0.3) is 0 Å². The van der Waals surface area contributed by atoms with Crippen LogP contribution >= 0.6 is 0 Å². The molecule has 0 aliphatic heterocycles. The summed E-state index contributed by atoms with van der Waals surface area (Å²) < 4.78 is 0. The molecule has 0 aliphatic carbocycles. The van der Waals surface area contributed by atoms with E-state index < -0.39 is 5.97 Å². The third-order valence-corrected chi connectivity index (χ3v) is 3.47. The average molecular weight is 292 g/mol. The SMILES string of the molecule is CCCCCCCOOC(=O)c1ccc(CCCC)cc1. The highest BCUT2D eigenvalue weighted by Gasteiger charge is 2.08.